The third-order valence-corrected chi connectivity index (χ3v) is 11.5. The Kier molecular flexibility index (Phi) is 11.7. The van der Waals surface area contributed by atoms with Crippen LogP contribution in [0.15, 0.2) is 71.6 Å². The summed E-state index contributed by atoms with van der Waals surface area (Å²) in [5.41, 5.74) is 16.5. The number of benzene rings is 3. The highest BCUT2D eigenvalue weighted by molar-refractivity contribution is 7.93. The Morgan fingerprint density at radius 2 is 1.52 bits per heavy atom. The van der Waals surface area contributed by atoms with Crippen molar-refractivity contribution in [2.45, 2.75) is 94.9 Å². The molecule has 6 N–H and O–H groups in total. The van der Waals surface area contributed by atoms with Crippen LogP contribution in [0.1, 0.15) is 106 Å². The summed E-state index contributed by atoms with van der Waals surface area (Å²) in [6.45, 7) is 12.9. The Balaban J connectivity index is 2.01. The van der Waals surface area contributed by atoms with Crippen LogP contribution < -0.4 is 16.8 Å². The van der Waals surface area contributed by atoms with Gasteiger partial charge in [0, 0.05) is 18.5 Å². The molecule has 0 bridgehead atoms. The molecule has 1 heterocycles. The van der Waals surface area contributed by atoms with Gasteiger partial charge in [0.15, 0.2) is 0 Å². The van der Waals surface area contributed by atoms with Crippen molar-refractivity contribution in [1.29, 1.82) is 5.41 Å². The van der Waals surface area contributed by atoms with E-state index < -0.39 is 38.9 Å². The number of rotatable bonds is 12. The molecule has 4 rings (SSSR count). The van der Waals surface area contributed by atoms with E-state index in [2.05, 4.69) is 19.2 Å². The lowest BCUT2D eigenvalue weighted by atomic mass is 9.89. The van der Waals surface area contributed by atoms with Gasteiger partial charge in [-0.05, 0) is 71.0 Å². The summed E-state index contributed by atoms with van der Waals surface area (Å²) in [6.07, 6.45) is 0.893. The summed E-state index contributed by atoms with van der Waals surface area (Å²) in [4.78, 5) is 28.0. The van der Waals surface area contributed by atoms with E-state index in [0.29, 0.717) is 40.8 Å². The second-order valence-electron chi connectivity index (χ2n) is 13.9. The van der Waals surface area contributed by atoms with Crippen LogP contribution in [0.4, 0.5) is 0 Å². The van der Waals surface area contributed by atoms with Crippen LogP contribution in [0.2, 0.25) is 0 Å². The summed E-state index contributed by atoms with van der Waals surface area (Å²) in [5.74, 6) is -2.42. The molecule has 3 aromatic carbocycles. The highest BCUT2D eigenvalue weighted by Crippen LogP contribution is 2.40. The molecule has 2 atom stereocenters. The van der Waals surface area contributed by atoms with Gasteiger partial charge in [0.1, 0.15) is 5.84 Å². The predicted molar refractivity (Wildman–Crippen MR) is 192 cm³/mol. The van der Waals surface area contributed by atoms with Gasteiger partial charge in [-0.2, -0.15) is 0 Å². The first-order chi connectivity index (χ1) is 22.6. The van der Waals surface area contributed by atoms with Gasteiger partial charge in [0.25, 0.3) is 5.91 Å². The van der Waals surface area contributed by atoms with Crippen LogP contribution in [0.3, 0.4) is 0 Å². The second kappa shape index (κ2) is 15.1. The summed E-state index contributed by atoms with van der Waals surface area (Å²) < 4.78 is 30.9. The summed E-state index contributed by atoms with van der Waals surface area (Å²) in [7, 11) is -4.69. The number of hydrogen-bond donors (Lipinski definition) is 4. The zero-order valence-corrected chi connectivity index (χ0v) is 29.9. The lowest BCUT2D eigenvalue weighted by Gasteiger charge is -2.37. The van der Waals surface area contributed by atoms with Gasteiger partial charge in [-0.1, -0.05) is 102 Å². The molecule has 0 spiro atoms. The Bertz CT molecular complexity index is 1720. The van der Waals surface area contributed by atoms with Crippen LogP contribution >= 0.6 is 0 Å². The molecule has 1 unspecified atom stereocenters. The lowest BCUT2D eigenvalue weighted by Crippen LogP contribution is -2.63. The highest BCUT2D eigenvalue weighted by Gasteiger charge is 2.53. The van der Waals surface area contributed by atoms with Crippen LogP contribution in [-0.2, 0) is 32.4 Å². The van der Waals surface area contributed by atoms with E-state index in [4.69, 9.17) is 16.9 Å². The smallest absolute Gasteiger partial charge is 0.266 e. The van der Waals surface area contributed by atoms with Crippen molar-refractivity contribution in [2.24, 2.45) is 17.4 Å². The van der Waals surface area contributed by atoms with Crippen molar-refractivity contribution in [3.8, 4) is 0 Å². The van der Waals surface area contributed by atoms with Gasteiger partial charge >= 0.3 is 0 Å². The van der Waals surface area contributed by atoms with Crippen LogP contribution in [0, 0.1) is 11.3 Å². The van der Waals surface area contributed by atoms with E-state index >= 15 is 13.2 Å². The van der Waals surface area contributed by atoms with Crippen molar-refractivity contribution >= 4 is 27.5 Å². The van der Waals surface area contributed by atoms with Crippen molar-refractivity contribution in [1.82, 2.24) is 10.2 Å². The Hall–Kier alpha value is -3.86. The summed E-state index contributed by atoms with van der Waals surface area (Å²) in [5, 5.41) is 11.2. The summed E-state index contributed by atoms with van der Waals surface area (Å²) >= 11 is 0. The van der Waals surface area contributed by atoms with Crippen molar-refractivity contribution in [3.63, 3.8) is 0 Å². The summed E-state index contributed by atoms with van der Waals surface area (Å²) in [6, 6.07) is 19.4. The van der Waals surface area contributed by atoms with Crippen LogP contribution in [0.25, 0.3) is 0 Å². The minimum atomic E-state index is -4.69. The Morgan fingerprint density at radius 1 is 0.917 bits per heavy atom. The van der Waals surface area contributed by atoms with Crippen molar-refractivity contribution < 1.29 is 18.0 Å². The van der Waals surface area contributed by atoms with Gasteiger partial charge in [0.2, 0.25) is 20.6 Å². The van der Waals surface area contributed by atoms with E-state index in [1.807, 2.05) is 58.0 Å². The Morgan fingerprint density at radius 3 is 2.04 bits per heavy atom. The number of nitrogens with zero attached hydrogens (tertiary/aromatic N) is 1. The van der Waals surface area contributed by atoms with E-state index in [0.717, 1.165) is 23.4 Å². The minimum Gasteiger partial charge on any atom is -0.384 e. The molecule has 0 radical (unpaired) electrons. The topological polar surface area (TPSA) is 159 Å². The van der Waals surface area contributed by atoms with Crippen LogP contribution in [0.5, 0.6) is 0 Å². The fourth-order valence-electron chi connectivity index (χ4n) is 6.35. The zero-order chi connectivity index (χ0) is 35.4. The first kappa shape index (κ1) is 37.0. The molecule has 9 nitrogen and oxygen atoms in total. The maximum atomic E-state index is 15.4. The standard InChI is InChI=1S/C38H51N5O4S/c1-24(2)31-19-32(25(3)4)34(33(20-31)26(5)6)48(46,47)38(41,21-28-14-10-15-29(18-28)35(39)40)37(45)43(23-27-12-8-7-9-13-27)36(44)30-16-11-17-42-22-30/h7-10,12-15,18-20,24-26,30,42H,11,16-17,21-23,41H2,1-6H3,(H3,39,40)/t30?,38-/m1/s1. The highest BCUT2D eigenvalue weighted by atomic mass is 32.2. The van der Waals surface area contributed by atoms with Gasteiger partial charge < -0.3 is 16.8 Å². The number of amidine groups is 1. The number of nitrogens with two attached hydrogens (primary N) is 2. The number of nitrogen functional groups attached to an aromatic ring is 1. The molecular formula is C38H51N5O4S. The zero-order valence-electron chi connectivity index (χ0n) is 29.0. The second-order valence-corrected chi connectivity index (χ2v) is 16.1. The number of carbonyl (C=O) groups is 2. The van der Waals surface area contributed by atoms with Crippen LogP contribution in [-0.4, -0.2) is 48.9 Å². The molecule has 0 saturated carbocycles. The lowest BCUT2D eigenvalue weighted by molar-refractivity contribution is -0.150. The fourth-order valence-corrected chi connectivity index (χ4v) is 8.62. The average molecular weight is 674 g/mol. The molecule has 258 valence electrons. The molecule has 2 amide bonds. The molecule has 1 aliphatic rings. The molecule has 1 aliphatic heterocycles. The van der Waals surface area contributed by atoms with Crippen molar-refractivity contribution in [2.75, 3.05) is 13.1 Å². The third-order valence-electron chi connectivity index (χ3n) is 9.24. The first-order valence-electron chi connectivity index (χ1n) is 16.8. The SMILES string of the molecule is CC(C)c1cc(C(C)C)c(S(=O)(=O)[C@](N)(Cc2cccc(C(=N)N)c2)C(=O)N(Cc2ccccc2)C(=O)C2CCCNC2)c(C(C)C)c1. The number of imide groups is 1. The number of nitrogens with one attached hydrogen (secondary N) is 2. The van der Waals surface area contributed by atoms with E-state index in [9.17, 15) is 4.79 Å². The predicted octanol–water partition coefficient (Wildman–Crippen LogP) is 5.57. The molecule has 3 aromatic rings. The number of sulfone groups is 1. The minimum absolute atomic E-state index is 0.0434. The quantitative estimate of drug-likeness (QED) is 0.145. The third kappa shape index (κ3) is 7.72. The van der Waals surface area contributed by atoms with Crippen molar-refractivity contribution in [3.05, 3.63) is 100 Å². The molecule has 48 heavy (non-hydrogen) atoms. The fraction of sp³-hybridized carbons (Fsp3) is 0.447. The van der Waals surface area contributed by atoms with Gasteiger partial charge in [-0.15, -0.1) is 0 Å². The van der Waals surface area contributed by atoms with Gasteiger partial charge in [-0.25, -0.2) is 8.42 Å². The number of carbonyl (C=O) groups excluding carboxylic acids is 2. The molecule has 10 heteroatoms. The van der Waals surface area contributed by atoms with E-state index in [-0.39, 0.29) is 35.0 Å². The largest absolute Gasteiger partial charge is 0.384 e. The van der Waals surface area contributed by atoms with Gasteiger partial charge in [-0.3, -0.25) is 19.9 Å². The van der Waals surface area contributed by atoms with E-state index in [1.54, 1.807) is 36.4 Å². The molecule has 1 saturated heterocycles. The molecule has 0 aromatic heterocycles. The average Bonchev–Trinajstić information content (AvgIpc) is 3.06. The molecule has 0 aliphatic carbocycles. The Labute approximate surface area is 285 Å². The maximum absolute atomic E-state index is 15.4. The number of amides is 2. The molecule has 1 fully saturated rings. The number of piperidine rings is 1. The number of hydrogen-bond acceptors (Lipinski definition) is 7. The molecular weight excluding hydrogens is 623 g/mol. The van der Waals surface area contributed by atoms with Gasteiger partial charge in [0.05, 0.1) is 17.4 Å². The maximum Gasteiger partial charge on any atom is 0.266 e. The normalized spacial score (nSPS) is 16.6. The van der Waals surface area contributed by atoms with E-state index in [1.165, 1.54) is 0 Å². The monoisotopic (exact) mass is 673 g/mol. The first-order valence-corrected chi connectivity index (χ1v) is 18.3.